The van der Waals surface area contributed by atoms with Crippen LogP contribution in [0, 0.1) is 0 Å². The molecule has 29 heavy (non-hydrogen) atoms. The van der Waals surface area contributed by atoms with E-state index in [2.05, 4.69) is 10.4 Å². The molecular formula is C20H17ClF3N3O2. The zero-order valence-electron chi connectivity index (χ0n) is 15.0. The molecule has 1 amide bonds. The minimum atomic E-state index is -4.60. The van der Waals surface area contributed by atoms with E-state index in [0.717, 1.165) is 11.6 Å². The Bertz CT molecular complexity index is 1000. The van der Waals surface area contributed by atoms with Gasteiger partial charge in [-0.2, -0.15) is 18.3 Å². The van der Waals surface area contributed by atoms with Gasteiger partial charge in [0.25, 0.3) is 5.91 Å². The topological polar surface area (TPSA) is 67.2 Å². The largest absolute Gasteiger partial charge is 0.416 e. The predicted molar refractivity (Wildman–Crippen MR) is 102 cm³/mol. The van der Waals surface area contributed by atoms with Crippen LogP contribution in [0.15, 0.2) is 60.9 Å². The van der Waals surface area contributed by atoms with Gasteiger partial charge in [0.15, 0.2) is 0 Å². The van der Waals surface area contributed by atoms with Gasteiger partial charge in [-0.15, -0.1) is 0 Å². The number of nitrogens with one attached hydrogen (secondary N) is 1. The number of carbonyl (C=O) groups excluding carboxylic acids is 1. The highest BCUT2D eigenvalue weighted by molar-refractivity contribution is 6.31. The molecule has 1 unspecified atom stereocenters. The molecule has 0 aliphatic carbocycles. The summed E-state index contributed by atoms with van der Waals surface area (Å²) in [5.74, 6) is -0.557. The molecule has 3 aromatic rings. The fraction of sp³-hybridized carbons (Fsp3) is 0.200. The maximum atomic E-state index is 13.1. The van der Waals surface area contributed by atoms with Crippen molar-refractivity contribution in [3.63, 3.8) is 0 Å². The minimum absolute atomic E-state index is 0.216. The molecule has 3 rings (SSSR count). The molecule has 5 nitrogen and oxygen atoms in total. The van der Waals surface area contributed by atoms with E-state index in [0.29, 0.717) is 11.6 Å². The van der Waals surface area contributed by atoms with E-state index < -0.39 is 23.8 Å². The number of aliphatic hydroxyl groups excluding tert-OH is 1. The Hall–Kier alpha value is -2.84. The number of hydrogen-bond donors (Lipinski definition) is 2. The summed E-state index contributed by atoms with van der Waals surface area (Å²) in [6.07, 6.45) is -3.27. The zero-order chi connectivity index (χ0) is 21.0. The van der Waals surface area contributed by atoms with E-state index in [4.69, 9.17) is 11.6 Å². The molecule has 0 saturated heterocycles. The second kappa shape index (κ2) is 8.67. The molecule has 1 atom stereocenters. The number of amides is 1. The van der Waals surface area contributed by atoms with Crippen molar-refractivity contribution in [2.75, 3.05) is 6.54 Å². The van der Waals surface area contributed by atoms with E-state index in [1.54, 1.807) is 12.1 Å². The number of nitrogens with zero attached hydrogens (tertiary/aromatic N) is 2. The van der Waals surface area contributed by atoms with E-state index in [-0.39, 0.29) is 17.7 Å². The first-order chi connectivity index (χ1) is 13.8. The van der Waals surface area contributed by atoms with E-state index in [1.165, 1.54) is 35.3 Å². The SMILES string of the molecule is O=C(NCC(O)c1ccccc1C(F)(F)F)c1cnn(Cc2ccccc2Cl)c1. The molecule has 0 aliphatic rings. The van der Waals surface area contributed by atoms with Gasteiger partial charge in [0.05, 0.1) is 30.0 Å². The average Bonchev–Trinajstić information content (AvgIpc) is 3.15. The van der Waals surface area contributed by atoms with Crippen molar-refractivity contribution < 1.29 is 23.1 Å². The molecule has 0 saturated carbocycles. The van der Waals surface area contributed by atoms with Crippen LogP contribution in [-0.2, 0) is 12.7 Å². The van der Waals surface area contributed by atoms with E-state index in [9.17, 15) is 23.1 Å². The fourth-order valence-electron chi connectivity index (χ4n) is 2.82. The van der Waals surface area contributed by atoms with Crippen LogP contribution >= 0.6 is 11.6 Å². The first-order valence-electron chi connectivity index (χ1n) is 8.64. The highest BCUT2D eigenvalue weighted by Gasteiger charge is 2.34. The molecule has 0 fully saturated rings. The Morgan fingerprint density at radius 1 is 1.17 bits per heavy atom. The van der Waals surface area contributed by atoms with Gasteiger partial charge in [-0.25, -0.2) is 0 Å². The van der Waals surface area contributed by atoms with Crippen molar-refractivity contribution in [1.82, 2.24) is 15.1 Å². The fourth-order valence-corrected chi connectivity index (χ4v) is 3.01. The molecule has 2 N–H and O–H groups in total. The molecule has 152 valence electrons. The number of halogens is 4. The number of alkyl halides is 3. The monoisotopic (exact) mass is 423 g/mol. The predicted octanol–water partition coefficient (Wildman–Crippen LogP) is 4.07. The van der Waals surface area contributed by atoms with Gasteiger partial charge in [0.1, 0.15) is 0 Å². The standard InChI is InChI=1S/C20H17ClF3N3O2/c21-17-8-4-1-5-13(17)11-27-12-14(9-26-27)19(29)25-10-18(28)15-6-2-3-7-16(15)20(22,23)24/h1-9,12,18,28H,10-11H2,(H,25,29). The molecule has 0 aliphatic heterocycles. The maximum absolute atomic E-state index is 13.1. The summed E-state index contributed by atoms with van der Waals surface area (Å²) in [5.41, 5.74) is -0.194. The van der Waals surface area contributed by atoms with Crippen LogP contribution in [0.4, 0.5) is 13.2 Å². The number of hydrogen-bond acceptors (Lipinski definition) is 3. The highest BCUT2D eigenvalue weighted by Crippen LogP contribution is 2.34. The van der Waals surface area contributed by atoms with Crippen LogP contribution in [0.5, 0.6) is 0 Å². The number of rotatable bonds is 6. The summed E-state index contributed by atoms with van der Waals surface area (Å²) in [6, 6.07) is 11.9. The zero-order valence-corrected chi connectivity index (χ0v) is 15.8. The maximum Gasteiger partial charge on any atom is 0.416 e. The minimum Gasteiger partial charge on any atom is -0.387 e. The van der Waals surface area contributed by atoms with Gasteiger partial charge in [-0.05, 0) is 23.3 Å². The molecule has 1 heterocycles. The number of benzene rings is 2. The van der Waals surface area contributed by atoms with E-state index in [1.807, 2.05) is 12.1 Å². The van der Waals surface area contributed by atoms with Gasteiger partial charge < -0.3 is 10.4 Å². The third-order valence-corrected chi connectivity index (χ3v) is 4.64. The molecule has 9 heteroatoms. The van der Waals surface area contributed by atoms with Crippen LogP contribution in [0.25, 0.3) is 0 Å². The summed E-state index contributed by atoms with van der Waals surface area (Å²) >= 11 is 6.10. The van der Waals surface area contributed by atoms with Gasteiger partial charge in [0, 0.05) is 17.8 Å². The lowest BCUT2D eigenvalue weighted by molar-refractivity contribution is -0.139. The van der Waals surface area contributed by atoms with Gasteiger partial charge >= 0.3 is 6.18 Å². The Balaban J connectivity index is 1.63. The summed E-state index contributed by atoms with van der Waals surface area (Å²) < 4.78 is 40.7. The van der Waals surface area contributed by atoms with Crippen LogP contribution in [-0.4, -0.2) is 27.3 Å². The summed E-state index contributed by atoms with van der Waals surface area (Å²) in [6.45, 7) is -0.0177. The van der Waals surface area contributed by atoms with Crippen LogP contribution in [0.1, 0.15) is 33.2 Å². The number of aromatic nitrogens is 2. The van der Waals surface area contributed by atoms with Crippen molar-refractivity contribution in [3.05, 3.63) is 88.2 Å². The first kappa shape index (κ1) is 20.9. The van der Waals surface area contributed by atoms with Crippen molar-refractivity contribution in [1.29, 1.82) is 0 Å². The summed E-state index contributed by atoms with van der Waals surface area (Å²) in [7, 11) is 0. The van der Waals surface area contributed by atoms with Crippen molar-refractivity contribution >= 4 is 17.5 Å². The second-order valence-corrected chi connectivity index (χ2v) is 6.74. The smallest absolute Gasteiger partial charge is 0.387 e. The Morgan fingerprint density at radius 2 is 1.86 bits per heavy atom. The summed E-state index contributed by atoms with van der Waals surface area (Å²) in [4.78, 5) is 12.3. The molecular weight excluding hydrogens is 407 g/mol. The Morgan fingerprint density at radius 3 is 2.59 bits per heavy atom. The van der Waals surface area contributed by atoms with Crippen LogP contribution in [0.2, 0.25) is 5.02 Å². The van der Waals surface area contributed by atoms with Crippen LogP contribution < -0.4 is 5.32 Å². The second-order valence-electron chi connectivity index (χ2n) is 6.33. The quantitative estimate of drug-likeness (QED) is 0.628. The molecule has 0 bridgehead atoms. The lowest BCUT2D eigenvalue weighted by Crippen LogP contribution is -2.29. The molecule has 1 aromatic heterocycles. The molecule has 0 spiro atoms. The molecule has 2 aromatic carbocycles. The lowest BCUT2D eigenvalue weighted by atomic mass is 10.0. The van der Waals surface area contributed by atoms with Gasteiger partial charge in [-0.3, -0.25) is 9.48 Å². The average molecular weight is 424 g/mol. The van der Waals surface area contributed by atoms with Crippen molar-refractivity contribution in [2.24, 2.45) is 0 Å². The van der Waals surface area contributed by atoms with Crippen LogP contribution in [0.3, 0.4) is 0 Å². The highest BCUT2D eigenvalue weighted by atomic mass is 35.5. The Labute approximate surface area is 169 Å². The first-order valence-corrected chi connectivity index (χ1v) is 9.01. The summed E-state index contributed by atoms with van der Waals surface area (Å²) in [5, 5.41) is 17.2. The third kappa shape index (κ3) is 5.16. The number of aliphatic hydroxyl groups is 1. The number of carbonyl (C=O) groups is 1. The van der Waals surface area contributed by atoms with E-state index >= 15 is 0 Å². The van der Waals surface area contributed by atoms with Gasteiger partial charge in [0.2, 0.25) is 0 Å². The lowest BCUT2D eigenvalue weighted by Gasteiger charge is -2.17. The van der Waals surface area contributed by atoms with Crippen molar-refractivity contribution in [2.45, 2.75) is 18.8 Å². The third-order valence-electron chi connectivity index (χ3n) is 4.27. The normalized spacial score (nSPS) is 12.6. The molecule has 0 radical (unpaired) electrons. The Kier molecular flexibility index (Phi) is 6.24. The van der Waals surface area contributed by atoms with Gasteiger partial charge in [-0.1, -0.05) is 48.0 Å². The van der Waals surface area contributed by atoms with Crippen molar-refractivity contribution in [3.8, 4) is 0 Å².